The van der Waals surface area contributed by atoms with Crippen LogP contribution in [0.5, 0.6) is 0 Å². The number of ether oxygens (including phenoxy) is 1. The Kier molecular flexibility index (Phi) is 8.41. The fourth-order valence-electron chi connectivity index (χ4n) is 3.67. The molecule has 6 heteroatoms. The van der Waals surface area contributed by atoms with E-state index in [9.17, 15) is 9.59 Å². The molecule has 0 aromatic heterocycles. The van der Waals surface area contributed by atoms with Crippen molar-refractivity contribution < 1.29 is 14.3 Å². The van der Waals surface area contributed by atoms with E-state index in [0.717, 1.165) is 44.0 Å². The average Bonchev–Trinajstić information content (AvgIpc) is 2.80. The molecule has 0 saturated carbocycles. The van der Waals surface area contributed by atoms with Crippen LogP contribution >= 0.6 is 0 Å². The maximum atomic E-state index is 13.3. The van der Waals surface area contributed by atoms with Crippen LogP contribution in [0.15, 0.2) is 60.7 Å². The third-order valence-corrected chi connectivity index (χ3v) is 5.32. The standard InChI is InChI=1S/C24H31N3O3/c1-2-22(28)27(19-20-9-5-3-6-10-20)23(21-11-7-4-8-12-21)24(29)25-13-14-26-15-17-30-18-16-26/h3-12,23H,2,13-19H2,1H3,(H,25,29)/t23-/m1/s1. The van der Waals surface area contributed by atoms with E-state index in [1.165, 1.54) is 0 Å². The Bertz CT molecular complexity index is 792. The van der Waals surface area contributed by atoms with Crippen LogP contribution in [0.3, 0.4) is 0 Å². The van der Waals surface area contributed by atoms with Crippen molar-refractivity contribution in [1.29, 1.82) is 0 Å². The van der Waals surface area contributed by atoms with E-state index in [-0.39, 0.29) is 11.8 Å². The van der Waals surface area contributed by atoms with Crippen LogP contribution < -0.4 is 5.32 Å². The topological polar surface area (TPSA) is 61.9 Å². The summed E-state index contributed by atoms with van der Waals surface area (Å²) in [7, 11) is 0. The van der Waals surface area contributed by atoms with Gasteiger partial charge in [-0.2, -0.15) is 0 Å². The van der Waals surface area contributed by atoms with Gasteiger partial charge < -0.3 is 15.0 Å². The number of hydrogen-bond donors (Lipinski definition) is 1. The van der Waals surface area contributed by atoms with Gasteiger partial charge in [0, 0.05) is 39.1 Å². The van der Waals surface area contributed by atoms with Crippen molar-refractivity contribution in [3.63, 3.8) is 0 Å². The molecule has 0 spiro atoms. The van der Waals surface area contributed by atoms with Gasteiger partial charge in [0.05, 0.1) is 13.2 Å². The summed E-state index contributed by atoms with van der Waals surface area (Å²) in [5.41, 5.74) is 1.82. The molecule has 2 amide bonds. The normalized spacial score (nSPS) is 15.4. The van der Waals surface area contributed by atoms with Gasteiger partial charge in [0.15, 0.2) is 0 Å². The predicted molar refractivity (Wildman–Crippen MR) is 117 cm³/mol. The van der Waals surface area contributed by atoms with Gasteiger partial charge in [0.1, 0.15) is 6.04 Å². The summed E-state index contributed by atoms with van der Waals surface area (Å²) in [6.07, 6.45) is 0.344. The molecule has 30 heavy (non-hydrogen) atoms. The largest absolute Gasteiger partial charge is 0.379 e. The second-order valence-corrected chi connectivity index (χ2v) is 7.42. The molecule has 1 atom stereocenters. The van der Waals surface area contributed by atoms with Crippen LogP contribution in [-0.2, 0) is 20.9 Å². The Hall–Kier alpha value is -2.70. The lowest BCUT2D eigenvalue weighted by Gasteiger charge is -2.32. The molecular weight excluding hydrogens is 378 g/mol. The van der Waals surface area contributed by atoms with Gasteiger partial charge in [0.25, 0.3) is 0 Å². The zero-order valence-electron chi connectivity index (χ0n) is 17.6. The summed E-state index contributed by atoms with van der Waals surface area (Å²) in [6, 6.07) is 18.7. The quantitative estimate of drug-likeness (QED) is 0.692. The zero-order valence-corrected chi connectivity index (χ0v) is 17.6. The highest BCUT2D eigenvalue weighted by atomic mass is 16.5. The third kappa shape index (κ3) is 6.15. The van der Waals surface area contributed by atoms with E-state index in [4.69, 9.17) is 4.74 Å². The lowest BCUT2D eigenvalue weighted by atomic mass is 10.0. The molecule has 0 aliphatic carbocycles. The first-order valence-corrected chi connectivity index (χ1v) is 10.6. The van der Waals surface area contributed by atoms with Crippen molar-refractivity contribution in [3.05, 3.63) is 71.8 Å². The lowest BCUT2D eigenvalue weighted by Crippen LogP contribution is -2.46. The molecular formula is C24H31N3O3. The first kappa shape index (κ1) is 22.0. The molecule has 1 fully saturated rings. The van der Waals surface area contributed by atoms with Crippen molar-refractivity contribution in [2.24, 2.45) is 0 Å². The number of rotatable bonds is 9. The number of carbonyl (C=O) groups excluding carboxylic acids is 2. The van der Waals surface area contributed by atoms with Gasteiger partial charge in [-0.1, -0.05) is 67.6 Å². The smallest absolute Gasteiger partial charge is 0.247 e. The number of nitrogens with zero attached hydrogens (tertiary/aromatic N) is 2. The Labute approximate surface area is 178 Å². The number of hydrogen-bond acceptors (Lipinski definition) is 4. The molecule has 0 bridgehead atoms. The number of carbonyl (C=O) groups is 2. The van der Waals surface area contributed by atoms with Crippen molar-refractivity contribution >= 4 is 11.8 Å². The van der Waals surface area contributed by atoms with Crippen LogP contribution in [0.4, 0.5) is 0 Å². The number of amides is 2. The molecule has 2 aromatic rings. The predicted octanol–water partition coefficient (Wildman–Crippen LogP) is 2.61. The average molecular weight is 410 g/mol. The number of morpholine rings is 1. The molecule has 6 nitrogen and oxygen atoms in total. The molecule has 160 valence electrons. The number of nitrogens with one attached hydrogen (secondary N) is 1. The second-order valence-electron chi connectivity index (χ2n) is 7.42. The fourth-order valence-corrected chi connectivity index (χ4v) is 3.67. The van der Waals surface area contributed by atoms with E-state index in [1.807, 2.05) is 67.6 Å². The zero-order chi connectivity index (χ0) is 21.2. The molecule has 1 N–H and O–H groups in total. The summed E-state index contributed by atoms with van der Waals surface area (Å²) >= 11 is 0. The molecule has 1 aliphatic heterocycles. The Balaban J connectivity index is 1.76. The van der Waals surface area contributed by atoms with Gasteiger partial charge in [-0.05, 0) is 11.1 Å². The van der Waals surface area contributed by atoms with Gasteiger partial charge in [0.2, 0.25) is 11.8 Å². The molecule has 2 aromatic carbocycles. The van der Waals surface area contributed by atoms with Crippen LogP contribution in [0, 0.1) is 0 Å². The highest BCUT2D eigenvalue weighted by Gasteiger charge is 2.30. The van der Waals surface area contributed by atoms with Crippen molar-refractivity contribution in [3.8, 4) is 0 Å². The third-order valence-electron chi connectivity index (χ3n) is 5.32. The van der Waals surface area contributed by atoms with Gasteiger partial charge in [-0.15, -0.1) is 0 Å². The second kappa shape index (κ2) is 11.5. The van der Waals surface area contributed by atoms with Crippen molar-refractivity contribution in [2.45, 2.75) is 25.9 Å². The summed E-state index contributed by atoms with van der Waals surface area (Å²) in [5, 5.41) is 3.06. The van der Waals surface area contributed by atoms with Crippen molar-refractivity contribution in [1.82, 2.24) is 15.1 Å². The minimum absolute atomic E-state index is 0.0453. The van der Waals surface area contributed by atoms with Crippen LogP contribution in [0.25, 0.3) is 0 Å². The lowest BCUT2D eigenvalue weighted by molar-refractivity contribution is -0.141. The summed E-state index contributed by atoms with van der Waals surface area (Å²) < 4.78 is 5.38. The van der Waals surface area contributed by atoms with Crippen LogP contribution in [-0.4, -0.2) is 61.0 Å². The van der Waals surface area contributed by atoms with E-state index in [2.05, 4.69) is 10.2 Å². The molecule has 1 heterocycles. The molecule has 0 radical (unpaired) electrons. The summed E-state index contributed by atoms with van der Waals surface area (Å²) in [4.78, 5) is 30.1. The molecule has 3 rings (SSSR count). The minimum Gasteiger partial charge on any atom is -0.379 e. The number of benzene rings is 2. The Morgan fingerprint density at radius 2 is 1.67 bits per heavy atom. The van der Waals surface area contributed by atoms with Gasteiger partial charge in [-0.3, -0.25) is 14.5 Å². The first-order chi connectivity index (χ1) is 14.7. The Morgan fingerprint density at radius 1 is 1.03 bits per heavy atom. The fraction of sp³-hybridized carbons (Fsp3) is 0.417. The maximum absolute atomic E-state index is 13.3. The monoisotopic (exact) mass is 409 g/mol. The molecule has 0 unspecified atom stereocenters. The highest BCUT2D eigenvalue weighted by molar-refractivity contribution is 5.88. The van der Waals surface area contributed by atoms with E-state index in [1.54, 1.807) is 4.90 Å². The van der Waals surface area contributed by atoms with E-state index in [0.29, 0.717) is 19.5 Å². The molecule has 1 saturated heterocycles. The van der Waals surface area contributed by atoms with Crippen LogP contribution in [0.1, 0.15) is 30.5 Å². The van der Waals surface area contributed by atoms with E-state index >= 15 is 0 Å². The van der Waals surface area contributed by atoms with Gasteiger partial charge >= 0.3 is 0 Å². The minimum atomic E-state index is -0.663. The SMILES string of the molecule is CCC(=O)N(Cc1ccccc1)[C@@H](C(=O)NCCN1CCOCC1)c1ccccc1. The van der Waals surface area contributed by atoms with Crippen molar-refractivity contribution in [2.75, 3.05) is 39.4 Å². The van der Waals surface area contributed by atoms with Gasteiger partial charge in [-0.25, -0.2) is 0 Å². The molecule has 1 aliphatic rings. The first-order valence-electron chi connectivity index (χ1n) is 10.6. The van der Waals surface area contributed by atoms with E-state index < -0.39 is 6.04 Å². The maximum Gasteiger partial charge on any atom is 0.247 e. The highest BCUT2D eigenvalue weighted by Crippen LogP contribution is 2.24. The summed E-state index contributed by atoms with van der Waals surface area (Å²) in [5.74, 6) is -0.191. The summed E-state index contributed by atoms with van der Waals surface area (Å²) in [6.45, 7) is 6.77. The van der Waals surface area contributed by atoms with Crippen LogP contribution in [0.2, 0.25) is 0 Å². The Morgan fingerprint density at radius 3 is 2.30 bits per heavy atom.